The summed E-state index contributed by atoms with van der Waals surface area (Å²) in [6.07, 6.45) is 0.241. The Hall–Kier alpha value is -2.41. The van der Waals surface area contributed by atoms with Gasteiger partial charge in [0, 0.05) is 4.88 Å². The molecule has 126 valence electrons. The molecule has 1 aromatic carbocycles. The third-order valence-corrected chi connectivity index (χ3v) is 4.24. The average Bonchev–Trinajstić information content (AvgIpc) is 3.07. The zero-order chi connectivity index (χ0) is 17.3. The van der Waals surface area contributed by atoms with Crippen LogP contribution in [0.2, 0.25) is 0 Å². The van der Waals surface area contributed by atoms with Crippen LogP contribution in [-0.4, -0.2) is 21.7 Å². The first-order chi connectivity index (χ1) is 11.4. The number of nitrogens with zero attached hydrogens (tertiary/aromatic N) is 2. The molecule has 0 spiro atoms. The first-order valence-corrected chi connectivity index (χ1v) is 8.53. The van der Waals surface area contributed by atoms with Crippen LogP contribution in [0.4, 0.5) is 9.93 Å². The third-order valence-electron chi connectivity index (χ3n) is 3.12. The lowest BCUT2D eigenvalue weighted by atomic mass is 10.2. The lowest BCUT2D eigenvalue weighted by Gasteiger charge is -2.18. The maximum absolute atomic E-state index is 11.9. The number of amides is 1. The molecule has 0 aliphatic rings. The Morgan fingerprint density at radius 3 is 2.71 bits per heavy atom. The summed E-state index contributed by atoms with van der Waals surface area (Å²) in [6, 6.07) is 7.56. The second-order valence-electron chi connectivity index (χ2n) is 6.26. The van der Waals surface area contributed by atoms with E-state index in [4.69, 9.17) is 9.15 Å². The van der Waals surface area contributed by atoms with Gasteiger partial charge in [0.1, 0.15) is 16.8 Å². The molecule has 0 aliphatic heterocycles. The van der Waals surface area contributed by atoms with Gasteiger partial charge in [0.15, 0.2) is 10.7 Å². The fourth-order valence-electron chi connectivity index (χ4n) is 2.18. The van der Waals surface area contributed by atoms with Gasteiger partial charge in [-0.25, -0.2) is 14.8 Å². The number of hydrogen-bond donors (Lipinski definition) is 1. The molecule has 7 heteroatoms. The van der Waals surface area contributed by atoms with Crippen molar-refractivity contribution in [1.82, 2.24) is 9.97 Å². The number of oxazole rings is 1. The fourth-order valence-corrected chi connectivity index (χ4v) is 3.05. The first-order valence-electron chi connectivity index (χ1n) is 7.71. The molecule has 0 fully saturated rings. The molecular weight excluding hydrogens is 326 g/mol. The minimum Gasteiger partial charge on any atom is -0.444 e. The van der Waals surface area contributed by atoms with Gasteiger partial charge >= 0.3 is 6.09 Å². The Balaban J connectivity index is 1.89. The number of aryl methyl sites for hydroxylation is 1. The minimum atomic E-state index is -0.557. The molecule has 1 N–H and O–H groups in total. The van der Waals surface area contributed by atoms with Crippen molar-refractivity contribution >= 4 is 33.7 Å². The van der Waals surface area contributed by atoms with E-state index in [-0.39, 0.29) is 0 Å². The Bertz CT molecular complexity index is 844. The highest BCUT2D eigenvalue weighted by Crippen LogP contribution is 2.33. The van der Waals surface area contributed by atoms with Crippen molar-refractivity contribution in [1.29, 1.82) is 0 Å². The number of nitrogens with one attached hydrogen (secondary N) is 1. The summed E-state index contributed by atoms with van der Waals surface area (Å²) in [4.78, 5) is 21.8. The predicted molar refractivity (Wildman–Crippen MR) is 94.4 cm³/mol. The molecule has 6 nitrogen and oxygen atoms in total. The zero-order valence-electron chi connectivity index (χ0n) is 14.0. The van der Waals surface area contributed by atoms with Crippen molar-refractivity contribution < 1.29 is 13.9 Å². The average molecular weight is 345 g/mol. The van der Waals surface area contributed by atoms with E-state index in [0.29, 0.717) is 22.3 Å². The fraction of sp³-hybridized carbons (Fsp3) is 0.353. The van der Waals surface area contributed by atoms with Crippen molar-refractivity contribution in [2.75, 3.05) is 5.32 Å². The number of anilines is 1. The number of benzene rings is 1. The highest BCUT2D eigenvalue weighted by Gasteiger charge is 2.21. The van der Waals surface area contributed by atoms with Crippen molar-refractivity contribution in [3.63, 3.8) is 0 Å². The summed E-state index contributed by atoms with van der Waals surface area (Å²) in [5, 5.41) is 3.14. The van der Waals surface area contributed by atoms with E-state index in [1.807, 2.05) is 52.0 Å². The van der Waals surface area contributed by atoms with Gasteiger partial charge < -0.3 is 9.15 Å². The van der Waals surface area contributed by atoms with Crippen LogP contribution in [0.3, 0.4) is 0 Å². The number of fused-ring (bicyclic) bond motifs is 1. The van der Waals surface area contributed by atoms with Crippen LogP contribution < -0.4 is 5.32 Å². The molecule has 3 rings (SSSR count). The molecule has 1 amide bonds. The molecule has 24 heavy (non-hydrogen) atoms. The Morgan fingerprint density at radius 1 is 1.29 bits per heavy atom. The highest BCUT2D eigenvalue weighted by atomic mass is 32.1. The molecule has 2 aromatic heterocycles. The third kappa shape index (κ3) is 3.56. The van der Waals surface area contributed by atoms with Crippen molar-refractivity contribution in [2.24, 2.45) is 0 Å². The van der Waals surface area contributed by atoms with Gasteiger partial charge in [0.2, 0.25) is 5.89 Å². The van der Waals surface area contributed by atoms with Gasteiger partial charge in [-0.2, -0.15) is 0 Å². The Morgan fingerprint density at radius 2 is 2.04 bits per heavy atom. The maximum atomic E-state index is 11.9. The summed E-state index contributed by atoms with van der Waals surface area (Å²) >= 11 is 1.40. The van der Waals surface area contributed by atoms with E-state index in [0.717, 1.165) is 16.8 Å². The van der Waals surface area contributed by atoms with E-state index in [1.165, 1.54) is 11.3 Å². The number of aromatic nitrogens is 2. The molecule has 0 radical (unpaired) electrons. The highest BCUT2D eigenvalue weighted by molar-refractivity contribution is 7.16. The first kappa shape index (κ1) is 16.4. The topological polar surface area (TPSA) is 77.2 Å². The lowest BCUT2D eigenvalue weighted by Crippen LogP contribution is -2.27. The van der Waals surface area contributed by atoms with Crippen LogP contribution in [0, 0.1) is 0 Å². The van der Waals surface area contributed by atoms with Crippen molar-refractivity contribution in [2.45, 2.75) is 39.7 Å². The lowest BCUT2D eigenvalue weighted by molar-refractivity contribution is 0.0636. The van der Waals surface area contributed by atoms with Crippen LogP contribution in [0.15, 0.2) is 28.7 Å². The summed E-state index contributed by atoms with van der Waals surface area (Å²) in [5.41, 5.74) is 1.59. The van der Waals surface area contributed by atoms with Crippen LogP contribution in [0.1, 0.15) is 32.6 Å². The number of hydrogen-bond acceptors (Lipinski definition) is 6. The molecule has 0 bridgehead atoms. The largest absolute Gasteiger partial charge is 0.444 e. The van der Waals surface area contributed by atoms with Crippen LogP contribution in [-0.2, 0) is 11.2 Å². The zero-order valence-corrected chi connectivity index (χ0v) is 14.9. The molecule has 3 aromatic rings. The predicted octanol–water partition coefficient (Wildman–Crippen LogP) is 4.86. The summed E-state index contributed by atoms with van der Waals surface area (Å²) in [7, 11) is 0. The molecular formula is C17H19N3O3S. The molecule has 0 unspecified atom stereocenters. The second-order valence-corrected chi connectivity index (χ2v) is 7.34. The second kappa shape index (κ2) is 6.24. The number of ether oxygens (including phenoxy) is 1. The number of carbonyl (C=O) groups excluding carboxylic acids is 1. The van der Waals surface area contributed by atoms with Gasteiger partial charge in [0.05, 0.1) is 0 Å². The normalized spacial score (nSPS) is 11.7. The number of rotatable bonds is 3. The Kier molecular flexibility index (Phi) is 4.28. The molecule has 0 saturated carbocycles. The molecule has 0 aliphatic carbocycles. The van der Waals surface area contributed by atoms with Crippen LogP contribution in [0.25, 0.3) is 22.7 Å². The smallest absolute Gasteiger partial charge is 0.413 e. The van der Waals surface area contributed by atoms with Gasteiger partial charge in [-0.15, -0.1) is 11.3 Å². The van der Waals surface area contributed by atoms with Crippen molar-refractivity contribution in [3.8, 4) is 11.6 Å². The van der Waals surface area contributed by atoms with Gasteiger partial charge in [-0.05, 0) is 39.3 Å². The minimum absolute atomic E-state index is 0.460. The van der Waals surface area contributed by atoms with Crippen molar-refractivity contribution in [3.05, 3.63) is 29.1 Å². The van der Waals surface area contributed by atoms with Gasteiger partial charge in [-0.3, -0.25) is 5.32 Å². The number of carbonyl (C=O) groups is 1. The van der Waals surface area contributed by atoms with E-state index in [1.54, 1.807) is 0 Å². The molecule has 2 heterocycles. The van der Waals surface area contributed by atoms with Crippen LogP contribution >= 0.6 is 11.3 Å². The number of para-hydroxylation sites is 2. The summed E-state index contributed by atoms with van der Waals surface area (Å²) in [5.74, 6) is 0.460. The summed E-state index contributed by atoms with van der Waals surface area (Å²) < 4.78 is 11.0. The quantitative estimate of drug-likeness (QED) is 0.733. The monoisotopic (exact) mass is 345 g/mol. The van der Waals surface area contributed by atoms with E-state index in [2.05, 4.69) is 15.3 Å². The van der Waals surface area contributed by atoms with E-state index in [9.17, 15) is 4.79 Å². The van der Waals surface area contributed by atoms with Gasteiger partial charge in [0.25, 0.3) is 0 Å². The molecule has 0 atom stereocenters. The van der Waals surface area contributed by atoms with E-state index >= 15 is 0 Å². The SMILES string of the molecule is CCc1sc(NC(=O)OC(C)(C)C)nc1-c1nc2ccccc2o1. The van der Waals surface area contributed by atoms with E-state index < -0.39 is 11.7 Å². The summed E-state index contributed by atoms with van der Waals surface area (Å²) in [6.45, 7) is 7.47. The van der Waals surface area contributed by atoms with Gasteiger partial charge in [-0.1, -0.05) is 19.1 Å². The molecule has 0 saturated heterocycles. The maximum Gasteiger partial charge on any atom is 0.413 e. The van der Waals surface area contributed by atoms with Crippen LogP contribution in [0.5, 0.6) is 0 Å². The standard InChI is InChI=1S/C17H19N3O3S/c1-5-12-13(14-18-10-8-6-7-9-11(10)22-14)19-15(24-12)20-16(21)23-17(2,3)4/h6-9H,5H2,1-4H3,(H,19,20,21). The Labute approximate surface area is 143 Å². The number of thiazole rings is 1.